The lowest BCUT2D eigenvalue weighted by Gasteiger charge is -2.11. The van der Waals surface area contributed by atoms with Crippen molar-refractivity contribution in [1.29, 1.82) is 0 Å². The number of carbonyl (C=O) groups is 1. The first kappa shape index (κ1) is 18.9. The summed E-state index contributed by atoms with van der Waals surface area (Å²) in [5.41, 5.74) is 0.864. The normalized spacial score (nSPS) is 11.7. The highest BCUT2D eigenvalue weighted by Gasteiger charge is 2.12. The Morgan fingerprint density at radius 2 is 1.75 bits per heavy atom. The highest BCUT2D eigenvalue weighted by molar-refractivity contribution is 9.10. The molecule has 0 aliphatic rings. The number of esters is 1. The van der Waals surface area contributed by atoms with Gasteiger partial charge in [-0.15, -0.1) is 0 Å². The fourth-order valence-corrected chi connectivity index (χ4v) is 3.29. The van der Waals surface area contributed by atoms with E-state index in [9.17, 15) is 4.79 Å². The molecule has 0 heterocycles. The molecule has 0 fully saturated rings. The summed E-state index contributed by atoms with van der Waals surface area (Å²) in [5, 5.41) is 0.560. The fourth-order valence-electron chi connectivity index (χ4n) is 1.85. The first-order valence-corrected chi connectivity index (χ1v) is 9.08. The molecule has 0 bridgehead atoms. The van der Waals surface area contributed by atoms with E-state index in [-0.39, 0.29) is 12.6 Å². The van der Waals surface area contributed by atoms with Crippen molar-refractivity contribution >= 4 is 50.3 Å². The molecule has 2 aromatic rings. The van der Waals surface area contributed by atoms with Gasteiger partial charge in [-0.1, -0.05) is 51.4 Å². The summed E-state index contributed by atoms with van der Waals surface area (Å²) in [6.45, 7) is 1.50. The number of benzene rings is 2. The summed E-state index contributed by atoms with van der Waals surface area (Å²) in [4.78, 5) is 12.9. The van der Waals surface area contributed by atoms with E-state index in [1.54, 1.807) is 7.11 Å². The van der Waals surface area contributed by atoms with E-state index in [1.807, 2.05) is 48.5 Å². The van der Waals surface area contributed by atoms with Crippen molar-refractivity contribution < 1.29 is 14.3 Å². The smallest absolute Gasteiger partial charge is 0.302 e. The summed E-state index contributed by atoms with van der Waals surface area (Å²) < 4.78 is 11.3. The van der Waals surface area contributed by atoms with Crippen LogP contribution >= 0.6 is 39.3 Å². The molecule has 0 saturated carbocycles. The SMILES string of the molecule is COc1ccc(S/C(COC(C)=O)=C(/Cl)c2ccc(Br)cc2)cc1. The van der Waals surface area contributed by atoms with Gasteiger partial charge in [-0.2, -0.15) is 0 Å². The molecule has 0 unspecified atom stereocenters. The molecule has 0 atom stereocenters. The predicted octanol–water partition coefficient (Wildman–Crippen LogP) is 5.72. The van der Waals surface area contributed by atoms with E-state index < -0.39 is 0 Å². The average molecular weight is 428 g/mol. The van der Waals surface area contributed by atoms with Crippen molar-refractivity contribution in [2.24, 2.45) is 0 Å². The molecule has 2 rings (SSSR count). The lowest BCUT2D eigenvalue weighted by molar-refractivity contribution is -0.139. The molecule has 0 amide bonds. The minimum atomic E-state index is -0.344. The molecule has 24 heavy (non-hydrogen) atoms. The Hall–Kier alpha value is -1.43. The molecule has 126 valence electrons. The first-order valence-electron chi connectivity index (χ1n) is 7.09. The number of carbonyl (C=O) groups excluding carboxylic acids is 1. The highest BCUT2D eigenvalue weighted by Crippen LogP contribution is 2.36. The van der Waals surface area contributed by atoms with Crippen LogP contribution in [-0.2, 0) is 9.53 Å². The van der Waals surface area contributed by atoms with Crippen molar-refractivity contribution in [3.63, 3.8) is 0 Å². The van der Waals surface area contributed by atoms with E-state index in [0.29, 0.717) is 5.03 Å². The number of halogens is 2. The van der Waals surface area contributed by atoms with Gasteiger partial charge in [-0.05, 0) is 42.0 Å². The molecule has 0 saturated heterocycles. The van der Waals surface area contributed by atoms with Gasteiger partial charge >= 0.3 is 5.97 Å². The quantitative estimate of drug-likeness (QED) is 0.436. The maximum Gasteiger partial charge on any atom is 0.302 e. The lowest BCUT2D eigenvalue weighted by Crippen LogP contribution is -2.02. The third-order valence-electron chi connectivity index (χ3n) is 3.05. The molecule has 0 radical (unpaired) electrons. The molecule has 0 aromatic heterocycles. The molecule has 0 aliphatic heterocycles. The summed E-state index contributed by atoms with van der Waals surface area (Å²) in [7, 11) is 1.62. The van der Waals surface area contributed by atoms with Gasteiger partial charge in [0.25, 0.3) is 0 Å². The van der Waals surface area contributed by atoms with E-state index in [4.69, 9.17) is 21.1 Å². The number of hydrogen-bond donors (Lipinski definition) is 0. The van der Waals surface area contributed by atoms with Crippen LogP contribution in [0.1, 0.15) is 12.5 Å². The number of rotatable bonds is 6. The predicted molar refractivity (Wildman–Crippen MR) is 102 cm³/mol. The number of thioether (sulfide) groups is 1. The maximum atomic E-state index is 11.2. The second-order valence-electron chi connectivity index (χ2n) is 4.80. The van der Waals surface area contributed by atoms with Crippen LogP contribution < -0.4 is 4.74 Å². The molecule has 0 spiro atoms. The molecule has 6 heteroatoms. The lowest BCUT2D eigenvalue weighted by atomic mass is 10.2. The Labute approximate surface area is 159 Å². The Kier molecular flexibility index (Phi) is 7.21. The van der Waals surface area contributed by atoms with Crippen LogP contribution in [0.5, 0.6) is 5.75 Å². The van der Waals surface area contributed by atoms with Gasteiger partial charge < -0.3 is 9.47 Å². The number of ether oxygens (including phenoxy) is 2. The largest absolute Gasteiger partial charge is 0.497 e. The van der Waals surface area contributed by atoms with Crippen LogP contribution in [0.15, 0.2) is 62.8 Å². The molecule has 3 nitrogen and oxygen atoms in total. The topological polar surface area (TPSA) is 35.5 Å². The number of methoxy groups -OCH3 is 1. The van der Waals surface area contributed by atoms with Crippen molar-refractivity contribution in [1.82, 2.24) is 0 Å². The van der Waals surface area contributed by atoms with Gasteiger partial charge in [0.05, 0.1) is 12.1 Å². The second-order valence-corrected chi connectivity index (χ2v) is 7.26. The summed E-state index contributed by atoms with van der Waals surface area (Å²) in [6, 6.07) is 15.3. The van der Waals surface area contributed by atoms with Gasteiger partial charge in [0.2, 0.25) is 0 Å². The Balaban J connectivity index is 2.29. The Morgan fingerprint density at radius 3 is 2.29 bits per heavy atom. The summed E-state index contributed by atoms with van der Waals surface area (Å²) >= 11 is 11.4. The Morgan fingerprint density at radius 1 is 1.12 bits per heavy atom. The van der Waals surface area contributed by atoms with Gasteiger partial charge in [-0.3, -0.25) is 4.79 Å². The second kappa shape index (κ2) is 9.16. The number of hydrogen-bond acceptors (Lipinski definition) is 4. The molecular weight excluding hydrogens is 412 g/mol. The first-order chi connectivity index (χ1) is 11.5. The van der Waals surface area contributed by atoms with Crippen LogP contribution in [0.3, 0.4) is 0 Å². The highest BCUT2D eigenvalue weighted by atomic mass is 79.9. The zero-order valence-electron chi connectivity index (χ0n) is 13.2. The van der Waals surface area contributed by atoms with E-state index in [0.717, 1.165) is 25.6 Å². The zero-order chi connectivity index (χ0) is 17.5. The summed E-state index contributed by atoms with van der Waals surface area (Å²) in [5.74, 6) is 0.437. The van der Waals surface area contributed by atoms with Crippen LogP contribution in [-0.4, -0.2) is 19.7 Å². The van der Waals surface area contributed by atoms with Crippen molar-refractivity contribution in [2.75, 3.05) is 13.7 Å². The third-order valence-corrected chi connectivity index (χ3v) is 5.21. The molecular formula is C18H16BrClO3S. The molecule has 2 aromatic carbocycles. The monoisotopic (exact) mass is 426 g/mol. The fraction of sp³-hybridized carbons (Fsp3) is 0.167. The van der Waals surface area contributed by atoms with E-state index in [1.165, 1.54) is 18.7 Å². The van der Waals surface area contributed by atoms with Gasteiger partial charge in [0, 0.05) is 21.2 Å². The van der Waals surface area contributed by atoms with Crippen LogP contribution in [0.25, 0.3) is 5.03 Å². The van der Waals surface area contributed by atoms with Gasteiger partial charge in [0.1, 0.15) is 12.4 Å². The van der Waals surface area contributed by atoms with Crippen molar-refractivity contribution in [2.45, 2.75) is 11.8 Å². The van der Waals surface area contributed by atoms with Gasteiger partial charge in [-0.25, -0.2) is 0 Å². The summed E-state index contributed by atoms with van der Waals surface area (Å²) in [6.07, 6.45) is 0. The Bertz CT molecular complexity index is 727. The minimum Gasteiger partial charge on any atom is -0.497 e. The van der Waals surface area contributed by atoms with E-state index >= 15 is 0 Å². The van der Waals surface area contributed by atoms with Crippen molar-refractivity contribution in [3.05, 3.63) is 63.5 Å². The van der Waals surface area contributed by atoms with Crippen LogP contribution in [0.2, 0.25) is 0 Å². The standard InChI is InChI=1S/C18H16BrClO3S/c1-12(21)23-11-17(18(20)13-3-5-14(19)6-4-13)24-16-9-7-15(22-2)8-10-16/h3-10H,11H2,1-2H3/b18-17+. The average Bonchev–Trinajstić information content (AvgIpc) is 2.59. The van der Waals surface area contributed by atoms with E-state index in [2.05, 4.69) is 15.9 Å². The van der Waals surface area contributed by atoms with Crippen LogP contribution in [0, 0.1) is 0 Å². The molecule has 0 N–H and O–H groups in total. The van der Waals surface area contributed by atoms with Crippen LogP contribution in [0.4, 0.5) is 0 Å². The minimum absolute atomic E-state index is 0.126. The third kappa shape index (κ3) is 5.58. The zero-order valence-corrected chi connectivity index (χ0v) is 16.4. The van der Waals surface area contributed by atoms with Crippen molar-refractivity contribution in [3.8, 4) is 5.75 Å². The van der Waals surface area contributed by atoms with Gasteiger partial charge in [0.15, 0.2) is 0 Å². The maximum absolute atomic E-state index is 11.2. The molecule has 0 aliphatic carbocycles.